The number of aliphatic imine (C=N–C) groups is 1. The van der Waals surface area contributed by atoms with Crippen LogP contribution in [0.2, 0.25) is 0 Å². The van der Waals surface area contributed by atoms with Crippen LogP contribution in [0.4, 0.5) is 8.78 Å². The molecule has 2 rings (SSSR count). The maximum atomic E-state index is 13.6. The molecule has 4 nitrogen and oxygen atoms in total. The molecule has 0 bridgehead atoms. The van der Waals surface area contributed by atoms with E-state index in [1.165, 1.54) is 11.6 Å². The van der Waals surface area contributed by atoms with E-state index < -0.39 is 11.6 Å². The van der Waals surface area contributed by atoms with Gasteiger partial charge in [0, 0.05) is 32.3 Å². The minimum absolute atomic E-state index is 0. The summed E-state index contributed by atoms with van der Waals surface area (Å²) < 4.78 is 32.4. The Labute approximate surface area is 182 Å². The van der Waals surface area contributed by atoms with Crippen molar-refractivity contribution >= 4 is 29.9 Å². The SMILES string of the molecule is CN=C(NCCCCOCCc1ccccc1)NCc1cc(F)ccc1F.I. The maximum absolute atomic E-state index is 13.6. The van der Waals surface area contributed by atoms with Gasteiger partial charge in [-0.05, 0) is 43.0 Å². The highest BCUT2D eigenvalue weighted by atomic mass is 127. The fourth-order valence-electron chi connectivity index (χ4n) is 2.55. The molecule has 2 aromatic rings. The molecule has 0 radical (unpaired) electrons. The van der Waals surface area contributed by atoms with E-state index in [0.717, 1.165) is 51.2 Å². The molecule has 0 aliphatic heterocycles. The van der Waals surface area contributed by atoms with Gasteiger partial charge < -0.3 is 15.4 Å². The Morgan fingerprint density at radius 3 is 2.54 bits per heavy atom. The average molecular weight is 503 g/mol. The number of guanidine groups is 1. The van der Waals surface area contributed by atoms with Crippen LogP contribution in [0.5, 0.6) is 0 Å². The van der Waals surface area contributed by atoms with Crippen LogP contribution in [0.15, 0.2) is 53.5 Å². The lowest BCUT2D eigenvalue weighted by molar-refractivity contribution is 0.133. The molecule has 7 heteroatoms. The Morgan fingerprint density at radius 2 is 1.79 bits per heavy atom. The van der Waals surface area contributed by atoms with Gasteiger partial charge in [0.1, 0.15) is 11.6 Å². The lowest BCUT2D eigenvalue weighted by Crippen LogP contribution is -2.37. The second-order valence-electron chi connectivity index (χ2n) is 6.14. The van der Waals surface area contributed by atoms with Crippen LogP contribution in [-0.4, -0.2) is 32.8 Å². The number of hydrogen-bond acceptors (Lipinski definition) is 2. The third-order valence-electron chi connectivity index (χ3n) is 4.06. The molecule has 0 amide bonds. The molecule has 0 aromatic heterocycles. The van der Waals surface area contributed by atoms with Gasteiger partial charge in [0.05, 0.1) is 6.61 Å². The Balaban J connectivity index is 0.00000392. The first-order valence-corrected chi connectivity index (χ1v) is 9.19. The second kappa shape index (κ2) is 14.3. The van der Waals surface area contributed by atoms with E-state index in [1.807, 2.05) is 18.2 Å². The van der Waals surface area contributed by atoms with Crippen molar-refractivity contribution in [1.29, 1.82) is 0 Å². The highest BCUT2D eigenvalue weighted by molar-refractivity contribution is 14.0. The van der Waals surface area contributed by atoms with Gasteiger partial charge in [-0.3, -0.25) is 4.99 Å². The van der Waals surface area contributed by atoms with Crippen LogP contribution in [-0.2, 0) is 17.7 Å². The summed E-state index contributed by atoms with van der Waals surface area (Å²) in [6.07, 6.45) is 2.80. The average Bonchev–Trinajstić information content (AvgIpc) is 2.69. The highest BCUT2D eigenvalue weighted by Gasteiger charge is 2.05. The molecule has 0 saturated carbocycles. The van der Waals surface area contributed by atoms with Crippen molar-refractivity contribution in [3.63, 3.8) is 0 Å². The molecule has 2 N–H and O–H groups in total. The van der Waals surface area contributed by atoms with Gasteiger partial charge in [0.15, 0.2) is 5.96 Å². The van der Waals surface area contributed by atoms with Crippen LogP contribution in [0.1, 0.15) is 24.0 Å². The Morgan fingerprint density at radius 1 is 1.00 bits per heavy atom. The van der Waals surface area contributed by atoms with E-state index in [2.05, 4.69) is 27.8 Å². The third kappa shape index (κ3) is 9.45. The number of hydrogen-bond donors (Lipinski definition) is 2. The highest BCUT2D eigenvalue weighted by Crippen LogP contribution is 2.09. The number of benzene rings is 2. The number of halogens is 3. The fraction of sp³-hybridized carbons (Fsp3) is 0.381. The molecule has 0 saturated heterocycles. The zero-order valence-corrected chi connectivity index (χ0v) is 18.4. The number of nitrogens with one attached hydrogen (secondary N) is 2. The first-order chi connectivity index (χ1) is 13.2. The summed E-state index contributed by atoms with van der Waals surface area (Å²) >= 11 is 0. The number of nitrogens with zero attached hydrogens (tertiary/aromatic N) is 1. The van der Waals surface area contributed by atoms with Crippen molar-refractivity contribution in [2.75, 3.05) is 26.8 Å². The van der Waals surface area contributed by atoms with E-state index >= 15 is 0 Å². The Bertz CT molecular complexity index is 714. The summed E-state index contributed by atoms with van der Waals surface area (Å²) in [5.41, 5.74) is 1.55. The molecular weight excluding hydrogens is 475 g/mol. The van der Waals surface area contributed by atoms with Gasteiger partial charge in [0.25, 0.3) is 0 Å². The summed E-state index contributed by atoms with van der Waals surface area (Å²) in [7, 11) is 1.64. The zero-order valence-electron chi connectivity index (χ0n) is 16.1. The van der Waals surface area contributed by atoms with Gasteiger partial charge in [0.2, 0.25) is 0 Å². The van der Waals surface area contributed by atoms with Crippen LogP contribution in [0, 0.1) is 11.6 Å². The summed E-state index contributed by atoms with van der Waals surface area (Å²) in [4.78, 5) is 4.08. The molecule has 0 atom stereocenters. The normalized spacial score (nSPS) is 11.0. The van der Waals surface area contributed by atoms with Crippen molar-refractivity contribution in [3.05, 3.63) is 71.3 Å². The molecule has 0 fully saturated rings. The van der Waals surface area contributed by atoms with Crippen molar-refractivity contribution < 1.29 is 13.5 Å². The minimum Gasteiger partial charge on any atom is -0.381 e. The van der Waals surface area contributed by atoms with Crippen LogP contribution in [0.25, 0.3) is 0 Å². The van der Waals surface area contributed by atoms with Crippen LogP contribution in [0.3, 0.4) is 0 Å². The Hall–Kier alpha value is -1.74. The quantitative estimate of drug-likeness (QED) is 0.220. The molecule has 28 heavy (non-hydrogen) atoms. The first kappa shape index (κ1) is 24.3. The van der Waals surface area contributed by atoms with Gasteiger partial charge in [-0.2, -0.15) is 0 Å². The summed E-state index contributed by atoms with van der Waals surface area (Å²) in [5.74, 6) is -0.334. The number of ether oxygens (including phenoxy) is 1. The summed E-state index contributed by atoms with van der Waals surface area (Å²) in [5, 5.41) is 6.14. The molecule has 154 valence electrons. The lowest BCUT2D eigenvalue weighted by atomic mass is 10.2. The van der Waals surface area contributed by atoms with Crippen LogP contribution < -0.4 is 10.6 Å². The lowest BCUT2D eigenvalue weighted by Gasteiger charge is -2.12. The molecule has 0 unspecified atom stereocenters. The molecule has 2 aromatic carbocycles. The third-order valence-corrected chi connectivity index (χ3v) is 4.06. The van der Waals surface area contributed by atoms with E-state index in [-0.39, 0.29) is 36.1 Å². The topological polar surface area (TPSA) is 45.7 Å². The summed E-state index contributed by atoms with van der Waals surface area (Å²) in [6, 6.07) is 13.7. The fourth-order valence-corrected chi connectivity index (χ4v) is 2.55. The Kier molecular flexibility index (Phi) is 12.4. The second-order valence-corrected chi connectivity index (χ2v) is 6.14. The monoisotopic (exact) mass is 503 g/mol. The predicted octanol–water partition coefficient (Wildman–Crippen LogP) is 4.29. The van der Waals surface area contributed by atoms with Gasteiger partial charge >= 0.3 is 0 Å². The molecule has 0 aliphatic carbocycles. The minimum atomic E-state index is -0.455. The van der Waals surface area contributed by atoms with Crippen LogP contribution >= 0.6 is 24.0 Å². The van der Waals surface area contributed by atoms with Crippen molar-refractivity contribution in [2.24, 2.45) is 4.99 Å². The maximum Gasteiger partial charge on any atom is 0.191 e. The predicted molar refractivity (Wildman–Crippen MR) is 120 cm³/mol. The largest absolute Gasteiger partial charge is 0.381 e. The molecule has 0 aliphatic rings. The zero-order chi connectivity index (χ0) is 19.3. The van der Waals surface area contributed by atoms with E-state index in [0.29, 0.717) is 5.96 Å². The smallest absolute Gasteiger partial charge is 0.191 e. The van der Waals surface area contributed by atoms with Crippen molar-refractivity contribution in [3.8, 4) is 0 Å². The van der Waals surface area contributed by atoms with Crippen molar-refractivity contribution in [2.45, 2.75) is 25.8 Å². The van der Waals surface area contributed by atoms with Gasteiger partial charge in [-0.1, -0.05) is 30.3 Å². The van der Waals surface area contributed by atoms with Crippen molar-refractivity contribution in [1.82, 2.24) is 10.6 Å². The van der Waals surface area contributed by atoms with Gasteiger partial charge in [-0.25, -0.2) is 8.78 Å². The molecule has 0 heterocycles. The van der Waals surface area contributed by atoms with E-state index in [1.54, 1.807) is 7.05 Å². The number of unbranched alkanes of at least 4 members (excludes halogenated alkanes) is 1. The standard InChI is InChI=1S/C21H27F2N3O.HI/c1-24-21(26-16-18-15-19(22)9-10-20(18)23)25-12-5-6-13-27-14-11-17-7-3-2-4-8-17;/h2-4,7-10,15H,5-6,11-14,16H2,1H3,(H2,24,25,26);1H. The van der Waals surface area contributed by atoms with Gasteiger partial charge in [-0.15, -0.1) is 24.0 Å². The summed E-state index contributed by atoms with van der Waals surface area (Å²) in [6.45, 7) is 2.34. The first-order valence-electron chi connectivity index (χ1n) is 9.19. The molecule has 0 spiro atoms. The van der Waals surface area contributed by atoms with E-state index in [4.69, 9.17) is 4.74 Å². The number of rotatable bonds is 10. The van der Waals surface area contributed by atoms with E-state index in [9.17, 15) is 8.78 Å². The molecular formula is C21H28F2IN3O.